The number of rotatable bonds is 0. The number of hydrogen-bond donors (Lipinski definition) is 0. The summed E-state index contributed by atoms with van der Waals surface area (Å²) in [5.74, 6) is 3.92. The molecule has 0 aromatic heterocycles. The fourth-order valence-corrected chi connectivity index (χ4v) is 0. The number of halogens is 1. The van der Waals surface area contributed by atoms with E-state index in [1.165, 1.54) is 0 Å². The zero-order valence-corrected chi connectivity index (χ0v) is 3.38. The Kier molecular flexibility index (Phi) is 17.6. The van der Waals surface area contributed by atoms with Crippen LogP contribution < -0.4 is 0 Å². The highest BCUT2D eigenvalue weighted by Gasteiger charge is 1.23. The Balaban J connectivity index is 0. The quantitative estimate of drug-likeness (QED) is 0.380. The van der Waals surface area contributed by atoms with Crippen LogP contribution in [0.25, 0.3) is 0 Å². The van der Waals surface area contributed by atoms with Crippen LogP contribution in [0.2, 0.25) is 0 Å². The van der Waals surface area contributed by atoms with E-state index >= 15 is 0 Å². The molecule has 0 bridgehead atoms. The lowest BCUT2D eigenvalue weighted by molar-refractivity contribution is 2.62. The minimum Gasteiger partial charge on any atom is -0.147 e. The summed E-state index contributed by atoms with van der Waals surface area (Å²) in [6.45, 7) is 0. The van der Waals surface area contributed by atoms with E-state index in [4.69, 9.17) is 0 Å². The second-order valence-electron chi connectivity index (χ2n) is 0.289. The third-order valence-corrected chi connectivity index (χ3v) is 0.0833. The molecule has 0 radical (unpaired) electrons. The van der Waals surface area contributed by atoms with Gasteiger partial charge in [-0.1, -0.05) is 0 Å². The maximum absolute atomic E-state index is 4.54. The third kappa shape index (κ3) is 40.3. The van der Waals surface area contributed by atoms with Gasteiger partial charge in [-0.15, -0.1) is 25.3 Å². The van der Waals surface area contributed by atoms with Gasteiger partial charge in [-0.05, 0) is 11.8 Å². The van der Waals surface area contributed by atoms with Crippen LogP contribution in [0.4, 0.5) is 0 Å². The fourth-order valence-electron chi connectivity index (χ4n) is 0. The van der Waals surface area contributed by atoms with Gasteiger partial charge in [0.15, 0.2) is 0 Å². The van der Waals surface area contributed by atoms with Gasteiger partial charge in [-0.25, -0.2) is 0 Å². The van der Waals surface area contributed by atoms with Crippen LogP contribution in [0.15, 0.2) is 0 Å². The summed E-state index contributed by atoms with van der Waals surface area (Å²) in [6, 6.07) is 0. The molecule has 0 atom stereocenters. The molecule has 0 aliphatic rings. The molecule has 26 valence electrons. The predicted molar refractivity (Wildman–Crippen MR) is 24.9 cm³/mol. The molecule has 0 unspecified atom stereocenters. The van der Waals surface area contributed by atoms with Crippen molar-refractivity contribution in [3.63, 3.8) is 0 Å². The first-order valence-electron chi connectivity index (χ1n) is 0.827. The van der Waals surface area contributed by atoms with Crippen molar-refractivity contribution in [2.24, 2.45) is 0 Å². The lowest BCUT2D eigenvalue weighted by Gasteiger charge is -1.30. The molecular weight excluding hydrogens is 83.5 g/mol. The van der Waals surface area contributed by atoms with Gasteiger partial charge in [0, 0.05) is 0 Å². The molecule has 0 rings (SSSR count). The van der Waals surface area contributed by atoms with E-state index in [-0.39, 0.29) is 12.4 Å². The Morgan fingerprint density at radius 3 is 1.20 bits per heavy atom. The minimum atomic E-state index is 0. The Morgan fingerprint density at radius 2 is 1.20 bits per heavy atom. The highest BCUT2D eigenvalue weighted by atomic mass is 35.5. The van der Waals surface area contributed by atoms with Crippen molar-refractivity contribution >= 4 is 12.4 Å². The van der Waals surface area contributed by atoms with Crippen LogP contribution in [-0.2, 0) is 0 Å². The van der Waals surface area contributed by atoms with E-state index in [1.54, 1.807) is 0 Å². The molecule has 0 aromatic rings. The SMILES string of the molecule is C#CC#C.Cl. The second-order valence-corrected chi connectivity index (χ2v) is 0.289. The standard InChI is InChI=1S/C4H2.ClH/c1-3-4-2;/h1-2H;1H. The Hall–Kier alpha value is -0.590. The summed E-state index contributed by atoms with van der Waals surface area (Å²) in [5.41, 5.74) is 0. The Labute approximate surface area is 38.0 Å². The van der Waals surface area contributed by atoms with Crippen molar-refractivity contribution < 1.29 is 0 Å². The summed E-state index contributed by atoms with van der Waals surface area (Å²) in [4.78, 5) is 0. The van der Waals surface area contributed by atoms with Crippen molar-refractivity contribution in [2.75, 3.05) is 0 Å². The van der Waals surface area contributed by atoms with E-state index in [0.29, 0.717) is 0 Å². The number of terminal acetylenes is 2. The van der Waals surface area contributed by atoms with Gasteiger partial charge in [0.1, 0.15) is 0 Å². The molecule has 0 aliphatic heterocycles. The Bertz CT molecular complexity index is 58.6. The minimum absolute atomic E-state index is 0. The van der Waals surface area contributed by atoms with Gasteiger partial charge in [0.25, 0.3) is 0 Å². The van der Waals surface area contributed by atoms with E-state index in [2.05, 4.69) is 12.8 Å². The average molecular weight is 86.5 g/mol. The highest BCUT2D eigenvalue weighted by molar-refractivity contribution is 5.85. The second kappa shape index (κ2) is 9.96. The molecule has 0 saturated heterocycles. The fraction of sp³-hybridized carbons (Fsp3) is 0. The predicted octanol–water partition coefficient (Wildman–Crippen LogP) is 0.675. The van der Waals surface area contributed by atoms with E-state index < -0.39 is 0 Å². The summed E-state index contributed by atoms with van der Waals surface area (Å²) in [6.07, 6.45) is 9.08. The van der Waals surface area contributed by atoms with Crippen molar-refractivity contribution in [2.45, 2.75) is 0 Å². The van der Waals surface area contributed by atoms with Gasteiger partial charge in [-0.3, -0.25) is 0 Å². The molecule has 5 heavy (non-hydrogen) atoms. The molecule has 0 spiro atoms. The zero-order chi connectivity index (χ0) is 3.41. The lowest BCUT2D eigenvalue weighted by atomic mass is 10.7. The van der Waals surface area contributed by atoms with Gasteiger partial charge in [0.05, 0.1) is 0 Å². The first-order valence-corrected chi connectivity index (χ1v) is 0.827. The smallest absolute Gasteiger partial charge is 0.0191 e. The van der Waals surface area contributed by atoms with Crippen LogP contribution >= 0.6 is 12.4 Å². The largest absolute Gasteiger partial charge is 0.147 e. The van der Waals surface area contributed by atoms with E-state index in [0.717, 1.165) is 0 Å². The molecule has 0 fully saturated rings. The normalized spacial score (nSPS) is 2.00. The van der Waals surface area contributed by atoms with E-state index in [1.807, 2.05) is 11.8 Å². The summed E-state index contributed by atoms with van der Waals surface area (Å²) >= 11 is 0. The van der Waals surface area contributed by atoms with Crippen LogP contribution in [0.5, 0.6) is 0 Å². The molecule has 0 saturated carbocycles. The molecule has 1 heteroatoms. The summed E-state index contributed by atoms with van der Waals surface area (Å²) < 4.78 is 0. The first kappa shape index (κ1) is 8.83. The summed E-state index contributed by atoms with van der Waals surface area (Å²) in [5, 5.41) is 0. The van der Waals surface area contributed by atoms with Crippen LogP contribution in [0.3, 0.4) is 0 Å². The Morgan fingerprint density at radius 1 is 1.00 bits per heavy atom. The third-order valence-electron chi connectivity index (χ3n) is 0.0833. The molecule has 0 N–H and O–H groups in total. The van der Waals surface area contributed by atoms with Crippen molar-refractivity contribution in [1.82, 2.24) is 0 Å². The molecule has 0 aromatic carbocycles. The van der Waals surface area contributed by atoms with Crippen molar-refractivity contribution in [3.8, 4) is 24.7 Å². The van der Waals surface area contributed by atoms with Gasteiger partial charge < -0.3 is 0 Å². The average Bonchev–Trinajstić information content (AvgIpc) is 1.37. The zero-order valence-electron chi connectivity index (χ0n) is 2.56. The van der Waals surface area contributed by atoms with Gasteiger partial charge >= 0.3 is 0 Å². The maximum atomic E-state index is 4.54. The number of hydrogen-bond acceptors (Lipinski definition) is 0. The van der Waals surface area contributed by atoms with Gasteiger partial charge in [-0.2, -0.15) is 0 Å². The topological polar surface area (TPSA) is 0 Å². The van der Waals surface area contributed by atoms with Gasteiger partial charge in [0.2, 0.25) is 0 Å². The van der Waals surface area contributed by atoms with Crippen LogP contribution in [-0.4, -0.2) is 0 Å². The summed E-state index contributed by atoms with van der Waals surface area (Å²) in [7, 11) is 0. The lowest BCUT2D eigenvalue weighted by Crippen LogP contribution is -1.26. The molecule has 0 amide bonds. The monoisotopic (exact) mass is 86.0 g/mol. The first-order chi connectivity index (χ1) is 1.91. The highest BCUT2D eigenvalue weighted by Crippen LogP contribution is 1.27. The van der Waals surface area contributed by atoms with Crippen LogP contribution in [0, 0.1) is 24.7 Å². The van der Waals surface area contributed by atoms with Crippen molar-refractivity contribution in [3.05, 3.63) is 0 Å². The maximum Gasteiger partial charge on any atom is -0.0191 e. The molecule has 0 nitrogen and oxygen atoms in total. The van der Waals surface area contributed by atoms with E-state index in [9.17, 15) is 0 Å². The molecular formula is C4H3Cl. The molecule has 0 heterocycles. The van der Waals surface area contributed by atoms with Crippen molar-refractivity contribution in [1.29, 1.82) is 0 Å². The molecule has 0 aliphatic carbocycles. The van der Waals surface area contributed by atoms with Crippen LogP contribution in [0.1, 0.15) is 0 Å².